The van der Waals surface area contributed by atoms with Gasteiger partial charge in [0.25, 0.3) is 0 Å². The third kappa shape index (κ3) is 4.75. The Morgan fingerprint density at radius 2 is 2.22 bits per heavy atom. The van der Waals surface area contributed by atoms with E-state index in [0.29, 0.717) is 13.1 Å². The van der Waals surface area contributed by atoms with Gasteiger partial charge in [0.05, 0.1) is 18.8 Å². The highest BCUT2D eigenvalue weighted by molar-refractivity contribution is 5.67. The van der Waals surface area contributed by atoms with Gasteiger partial charge in [-0.25, -0.2) is 4.79 Å². The zero-order valence-corrected chi connectivity index (χ0v) is 11.4. The minimum absolute atomic E-state index is 0.0417. The van der Waals surface area contributed by atoms with Crippen LogP contribution < -0.4 is 5.32 Å². The third-order valence-corrected chi connectivity index (χ3v) is 2.20. The first kappa shape index (κ1) is 14.5. The van der Waals surface area contributed by atoms with E-state index in [0.717, 1.165) is 11.3 Å². The van der Waals surface area contributed by atoms with Crippen LogP contribution in [0.3, 0.4) is 0 Å². The molecule has 0 aliphatic rings. The number of ether oxygens (including phenoxy) is 1. The number of carbonyl (C=O) groups is 1. The Bertz CT molecular complexity index is 407. The summed E-state index contributed by atoms with van der Waals surface area (Å²) in [5.74, 6) is 0. The first-order valence-corrected chi connectivity index (χ1v) is 5.92. The van der Waals surface area contributed by atoms with Crippen LogP contribution in [0.25, 0.3) is 0 Å². The van der Waals surface area contributed by atoms with Gasteiger partial charge in [0.2, 0.25) is 0 Å². The molecule has 0 spiro atoms. The normalized spacial score (nSPS) is 11.4. The summed E-state index contributed by atoms with van der Waals surface area (Å²) in [5, 5.41) is 15.7. The summed E-state index contributed by atoms with van der Waals surface area (Å²) in [5.41, 5.74) is 1.24. The van der Waals surface area contributed by atoms with Crippen LogP contribution in [0.1, 0.15) is 32.0 Å². The van der Waals surface area contributed by atoms with E-state index in [1.807, 2.05) is 33.9 Å². The summed E-state index contributed by atoms with van der Waals surface area (Å²) in [6.45, 7) is 8.17. The lowest BCUT2D eigenvalue weighted by atomic mass is 10.2. The molecule has 0 aromatic carbocycles. The molecule has 0 saturated heterocycles. The number of hydrogen-bond donors (Lipinski definition) is 2. The van der Waals surface area contributed by atoms with Crippen molar-refractivity contribution in [1.82, 2.24) is 15.1 Å². The minimum Gasteiger partial charge on any atom is -0.444 e. The SMILES string of the molecule is Cc1nn(CCO)cc1CNC(=O)OC(C)(C)C. The molecule has 2 N–H and O–H groups in total. The Labute approximate surface area is 107 Å². The highest BCUT2D eigenvalue weighted by Gasteiger charge is 2.16. The number of aryl methyl sites for hydroxylation is 1. The van der Waals surface area contributed by atoms with Gasteiger partial charge < -0.3 is 15.2 Å². The molecule has 1 heterocycles. The number of alkyl carbamates (subject to hydrolysis) is 1. The number of nitrogens with zero attached hydrogens (tertiary/aromatic N) is 2. The predicted molar refractivity (Wildman–Crippen MR) is 67.1 cm³/mol. The summed E-state index contributed by atoms with van der Waals surface area (Å²) in [6, 6.07) is 0. The van der Waals surface area contributed by atoms with Crippen molar-refractivity contribution in [2.24, 2.45) is 0 Å². The lowest BCUT2D eigenvalue weighted by molar-refractivity contribution is 0.0523. The van der Waals surface area contributed by atoms with Crippen LogP contribution in [0.2, 0.25) is 0 Å². The summed E-state index contributed by atoms with van der Waals surface area (Å²) in [6.07, 6.45) is 1.36. The van der Waals surface area contributed by atoms with Crippen LogP contribution >= 0.6 is 0 Å². The number of carbonyl (C=O) groups excluding carboxylic acids is 1. The van der Waals surface area contributed by atoms with Gasteiger partial charge >= 0.3 is 6.09 Å². The smallest absolute Gasteiger partial charge is 0.407 e. The molecule has 0 saturated carbocycles. The molecule has 1 aromatic rings. The molecule has 0 atom stereocenters. The van der Waals surface area contributed by atoms with Crippen LogP contribution in [0.5, 0.6) is 0 Å². The molecule has 0 fully saturated rings. The molecule has 1 amide bonds. The van der Waals surface area contributed by atoms with E-state index >= 15 is 0 Å². The number of rotatable bonds is 4. The standard InChI is InChI=1S/C12H21N3O3/c1-9-10(8-15(14-9)5-6-16)7-13-11(17)18-12(2,3)4/h8,16H,5-7H2,1-4H3,(H,13,17). The fourth-order valence-electron chi connectivity index (χ4n) is 1.43. The molecule has 6 nitrogen and oxygen atoms in total. The van der Waals surface area contributed by atoms with Gasteiger partial charge in [-0.05, 0) is 27.7 Å². The van der Waals surface area contributed by atoms with E-state index in [-0.39, 0.29) is 6.61 Å². The van der Waals surface area contributed by atoms with Crippen molar-refractivity contribution in [2.45, 2.75) is 46.4 Å². The molecule has 6 heteroatoms. The van der Waals surface area contributed by atoms with E-state index in [4.69, 9.17) is 9.84 Å². The largest absolute Gasteiger partial charge is 0.444 e. The Kier molecular flexibility index (Phi) is 4.72. The second-order valence-electron chi connectivity index (χ2n) is 5.08. The molecule has 0 bridgehead atoms. The summed E-state index contributed by atoms with van der Waals surface area (Å²) < 4.78 is 6.79. The van der Waals surface area contributed by atoms with Gasteiger partial charge in [0, 0.05) is 18.3 Å². The zero-order chi connectivity index (χ0) is 13.8. The lowest BCUT2D eigenvalue weighted by Crippen LogP contribution is -2.32. The molecule has 18 heavy (non-hydrogen) atoms. The summed E-state index contributed by atoms with van der Waals surface area (Å²) >= 11 is 0. The Morgan fingerprint density at radius 3 is 2.78 bits per heavy atom. The van der Waals surface area contributed by atoms with E-state index in [1.165, 1.54) is 0 Å². The van der Waals surface area contributed by atoms with Crippen molar-refractivity contribution < 1.29 is 14.6 Å². The van der Waals surface area contributed by atoms with Gasteiger partial charge in [-0.2, -0.15) is 5.10 Å². The van der Waals surface area contributed by atoms with Crippen molar-refractivity contribution in [3.8, 4) is 0 Å². The van der Waals surface area contributed by atoms with Crippen LogP contribution in [0.4, 0.5) is 4.79 Å². The molecular formula is C12H21N3O3. The summed E-state index contributed by atoms with van der Waals surface area (Å²) in [7, 11) is 0. The summed E-state index contributed by atoms with van der Waals surface area (Å²) in [4.78, 5) is 11.5. The molecular weight excluding hydrogens is 234 g/mol. The van der Waals surface area contributed by atoms with E-state index < -0.39 is 11.7 Å². The number of amides is 1. The Balaban J connectivity index is 2.50. The van der Waals surface area contributed by atoms with E-state index in [9.17, 15) is 4.79 Å². The van der Waals surface area contributed by atoms with E-state index in [1.54, 1.807) is 4.68 Å². The molecule has 1 aromatic heterocycles. The minimum atomic E-state index is -0.500. The number of nitrogens with one attached hydrogen (secondary N) is 1. The Hall–Kier alpha value is -1.56. The predicted octanol–water partition coefficient (Wildman–Crippen LogP) is 1.21. The average Bonchev–Trinajstić information content (AvgIpc) is 2.54. The Morgan fingerprint density at radius 1 is 1.56 bits per heavy atom. The highest BCUT2D eigenvalue weighted by Crippen LogP contribution is 2.08. The lowest BCUT2D eigenvalue weighted by Gasteiger charge is -2.19. The van der Waals surface area contributed by atoms with Crippen LogP contribution in [0.15, 0.2) is 6.20 Å². The van der Waals surface area contributed by atoms with Crippen LogP contribution in [-0.2, 0) is 17.8 Å². The van der Waals surface area contributed by atoms with Gasteiger partial charge in [-0.1, -0.05) is 0 Å². The highest BCUT2D eigenvalue weighted by atomic mass is 16.6. The van der Waals surface area contributed by atoms with Gasteiger partial charge in [-0.3, -0.25) is 4.68 Å². The van der Waals surface area contributed by atoms with Crippen molar-refractivity contribution in [1.29, 1.82) is 0 Å². The molecule has 0 aliphatic heterocycles. The van der Waals surface area contributed by atoms with Gasteiger partial charge in [0.15, 0.2) is 0 Å². The monoisotopic (exact) mass is 255 g/mol. The van der Waals surface area contributed by atoms with Crippen molar-refractivity contribution >= 4 is 6.09 Å². The third-order valence-electron chi connectivity index (χ3n) is 2.20. The number of aliphatic hydroxyl groups is 1. The van der Waals surface area contributed by atoms with Crippen LogP contribution in [0, 0.1) is 6.92 Å². The van der Waals surface area contributed by atoms with Crippen molar-refractivity contribution in [2.75, 3.05) is 6.61 Å². The average molecular weight is 255 g/mol. The molecule has 0 unspecified atom stereocenters. The maximum absolute atomic E-state index is 11.5. The molecule has 102 valence electrons. The number of aliphatic hydroxyl groups excluding tert-OH is 1. The first-order chi connectivity index (χ1) is 8.31. The number of aromatic nitrogens is 2. The van der Waals surface area contributed by atoms with E-state index in [2.05, 4.69) is 10.4 Å². The maximum Gasteiger partial charge on any atom is 0.407 e. The maximum atomic E-state index is 11.5. The fourth-order valence-corrected chi connectivity index (χ4v) is 1.43. The number of hydrogen-bond acceptors (Lipinski definition) is 4. The van der Waals surface area contributed by atoms with Gasteiger partial charge in [-0.15, -0.1) is 0 Å². The van der Waals surface area contributed by atoms with Crippen LogP contribution in [-0.4, -0.2) is 33.2 Å². The van der Waals surface area contributed by atoms with Gasteiger partial charge in [0.1, 0.15) is 5.60 Å². The molecule has 0 aliphatic carbocycles. The zero-order valence-electron chi connectivity index (χ0n) is 11.4. The second kappa shape index (κ2) is 5.86. The van der Waals surface area contributed by atoms with Crippen molar-refractivity contribution in [3.05, 3.63) is 17.5 Å². The fraction of sp³-hybridized carbons (Fsp3) is 0.667. The van der Waals surface area contributed by atoms with Crippen molar-refractivity contribution in [3.63, 3.8) is 0 Å². The molecule has 1 rings (SSSR count). The topological polar surface area (TPSA) is 76.4 Å². The molecule has 0 radical (unpaired) electrons. The second-order valence-corrected chi connectivity index (χ2v) is 5.08. The first-order valence-electron chi connectivity index (χ1n) is 5.92. The quantitative estimate of drug-likeness (QED) is 0.847.